The van der Waals surface area contributed by atoms with Crippen molar-refractivity contribution in [1.29, 1.82) is 0 Å². The van der Waals surface area contributed by atoms with Crippen molar-refractivity contribution in [2.75, 3.05) is 33.5 Å². The molecule has 1 fully saturated rings. The Labute approximate surface area is 92.5 Å². The largest absolute Gasteiger partial charge is 0.382 e. The van der Waals surface area contributed by atoms with Crippen molar-refractivity contribution in [3.05, 3.63) is 0 Å². The summed E-state index contributed by atoms with van der Waals surface area (Å²) in [4.78, 5) is 0. The molecule has 0 aromatic heterocycles. The van der Waals surface area contributed by atoms with E-state index in [2.05, 4.69) is 5.32 Å². The Morgan fingerprint density at radius 3 is 2.87 bits per heavy atom. The summed E-state index contributed by atoms with van der Waals surface area (Å²) in [5, 5.41) is 3.48. The Morgan fingerprint density at radius 1 is 1.27 bits per heavy atom. The zero-order valence-electron chi connectivity index (χ0n) is 9.71. The molecule has 2 unspecified atom stereocenters. The topological polar surface area (TPSA) is 56.5 Å². The fourth-order valence-corrected chi connectivity index (χ4v) is 1.99. The lowest BCUT2D eigenvalue weighted by Gasteiger charge is -2.27. The van der Waals surface area contributed by atoms with Crippen LogP contribution in [-0.4, -0.2) is 45.6 Å². The molecule has 15 heavy (non-hydrogen) atoms. The van der Waals surface area contributed by atoms with Gasteiger partial charge in [0, 0.05) is 25.7 Å². The lowest BCUT2D eigenvalue weighted by atomic mass is 9.92. The third-order valence-electron chi connectivity index (χ3n) is 2.83. The Hall–Kier alpha value is -0.160. The maximum Gasteiger partial charge on any atom is 0.0700 e. The molecule has 4 nitrogen and oxygen atoms in total. The van der Waals surface area contributed by atoms with E-state index in [1.54, 1.807) is 7.11 Å². The number of rotatable bonds is 7. The molecular weight excluding hydrogens is 192 g/mol. The monoisotopic (exact) mass is 216 g/mol. The van der Waals surface area contributed by atoms with Gasteiger partial charge in [0.15, 0.2) is 0 Å². The van der Waals surface area contributed by atoms with Gasteiger partial charge in [0.2, 0.25) is 0 Å². The summed E-state index contributed by atoms with van der Waals surface area (Å²) in [7, 11) is 1.69. The predicted octanol–water partition coefficient (Wildman–Crippen LogP) is 0.509. The van der Waals surface area contributed by atoms with E-state index >= 15 is 0 Å². The van der Waals surface area contributed by atoms with Crippen molar-refractivity contribution in [3.63, 3.8) is 0 Å². The SMILES string of the molecule is COCCOCCNC1CCCC(N)C1. The molecule has 0 bridgehead atoms. The zero-order valence-corrected chi connectivity index (χ0v) is 9.71. The predicted molar refractivity (Wildman–Crippen MR) is 60.9 cm³/mol. The molecule has 0 aromatic rings. The van der Waals surface area contributed by atoms with E-state index in [9.17, 15) is 0 Å². The molecule has 2 atom stereocenters. The second kappa shape index (κ2) is 8.05. The zero-order chi connectivity index (χ0) is 10.9. The quantitative estimate of drug-likeness (QED) is 0.609. The van der Waals surface area contributed by atoms with Crippen LogP contribution in [0.4, 0.5) is 0 Å². The van der Waals surface area contributed by atoms with Crippen molar-refractivity contribution in [1.82, 2.24) is 5.32 Å². The smallest absolute Gasteiger partial charge is 0.0700 e. The molecule has 0 spiro atoms. The summed E-state index contributed by atoms with van der Waals surface area (Å²) in [6.45, 7) is 3.03. The van der Waals surface area contributed by atoms with Crippen molar-refractivity contribution in [2.24, 2.45) is 5.73 Å². The van der Waals surface area contributed by atoms with Crippen molar-refractivity contribution in [2.45, 2.75) is 37.8 Å². The van der Waals surface area contributed by atoms with Gasteiger partial charge in [0.05, 0.1) is 19.8 Å². The van der Waals surface area contributed by atoms with Crippen LogP contribution in [-0.2, 0) is 9.47 Å². The van der Waals surface area contributed by atoms with E-state index in [1.807, 2.05) is 0 Å². The van der Waals surface area contributed by atoms with Crippen LogP contribution in [0.5, 0.6) is 0 Å². The number of nitrogens with two attached hydrogens (primary N) is 1. The summed E-state index contributed by atoms with van der Waals surface area (Å²) in [6, 6.07) is 0.991. The van der Waals surface area contributed by atoms with Crippen LogP contribution in [0.2, 0.25) is 0 Å². The van der Waals surface area contributed by atoms with Crippen molar-refractivity contribution < 1.29 is 9.47 Å². The fourth-order valence-electron chi connectivity index (χ4n) is 1.99. The van der Waals surface area contributed by atoms with Crippen LogP contribution < -0.4 is 11.1 Å². The van der Waals surface area contributed by atoms with Crippen LogP contribution in [0.1, 0.15) is 25.7 Å². The molecule has 1 aliphatic rings. The van der Waals surface area contributed by atoms with Gasteiger partial charge in [-0.25, -0.2) is 0 Å². The Balaban J connectivity index is 1.90. The van der Waals surface area contributed by atoms with Crippen LogP contribution in [0.3, 0.4) is 0 Å². The van der Waals surface area contributed by atoms with Gasteiger partial charge in [-0.2, -0.15) is 0 Å². The second-order valence-electron chi connectivity index (χ2n) is 4.18. The summed E-state index contributed by atoms with van der Waals surface area (Å²) >= 11 is 0. The third-order valence-corrected chi connectivity index (χ3v) is 2.83. The van der Waals surface area contributed by atoms with E-state index in [0.717, 1.165) is 19.6 Å². The molecule has 1 rings (SSSR count). The van der Waals surface area contributed by atoms with Gasteiger partial charge < -0.3 is 20.5 Å². The molecular formula is C11H24N2O2. The molecule has 0 heterocycles. The van der Waals surface area contributed by atoms with Gasteiger partial charge in [-0.05, 0) is 19.3 Å². The molecule has 3 N–H and O–H groups in total. The summed E-state index contributed by atoms with van der Waals surface area (Å²) in [5.41, 5.74) is 5.91. The lowest BCUT2D eigenvalue weighted by molar-refractivity contribution is 0.0704. The summed E-state index contributed by atoms with van der Waals surface area (Å²) < 4.78 is 10.3. The minimum absolute atomic E-state index is 0.394. The van der Waals surface area contributed by atoms with Gasteiger partial charge in [0.1, 0.15) is 0 Å². The fraction of sp³-hybridized carbons (Fsp3) is 1.00. The van der Waals surface area contributed by atoms with Crippen LogP contribution in [0, 0.1) is 0 Å². The van der Waals surface area contributed by atoms with Crippen LogP contribution >= 0.6 is 0 Å². The Kier molecular flexibility index (Phi) is 6.92. The standard InChI is InChI=1S/C11H24N2O2/c1-14-7-8-15-6-5-13-11-4-2-3-10(12)9-11/h10-11,13H,2-9,12H2,1H3. The highest BCUT2D eigenvalue weighted by molar-refractivity contribution is 4.79. The van der Waals surface area contributed by atoms with Gasteiger partial charge in [0.25, 0.3) is 0 Å². The van der Waals surface area contributed by atoms with E-state index in [0.29, 0.717) is 25.3 Å². The van der Waals surface area contributed by atoms with Gasteiger partial charge >= 0.3 is 0 Å². The van der Waals surface area contributed by atoms with Gasteiger partial charge in [-0.15, -0.1) is 0 Å². The molecule has 1 aliphatic carbocycles. The van der Waals surface area contributed by atoms with Crippen molar-refractivity contribution in [3.8, 4) is 0 Å². The first kappa shape index (κ1) is 12.9. The highest BCUT2D eigenvalue weighted by atomic mass is 16.5. The van der Waals surface area contributed by atoms with E-state index in [-0.39, 0.29) is 0 Å². The third kappa shape index (κ3) is 6.10. The summed E-state index contributed by atoms with van der Waals surface area (Å²) in [5.74, 6) is 0. The molecule has 4 heteroatoms. The molecule has 0 amide bonds. The highest BCUT2D eigenvalue weighted by Crippen LogP contribution is 2.16. The number of methoxy groups -OCH3 is 1. The average molecular weight is 216 g/mol. The number of ether oxygens (including phenoxy) is 2. The first-order chi connectivity index (χ1) is 7.33. The molecule has 1 saturated carbocycles. The molecule has 0 radical (unpaired) electrons. The number of hydrogen-bond donors (Lipinski definition) is 2. The second-order valence-corrected chi connectivity index (χ2v) is 4.18. The Morgan fingerprint density at radius 2 is 2.13 bits per heavy atom. The van der Waals surface area contributed by atoms with Crippen LogP contribution in [0.15, 0.2) is 0 Å². The van der Waals surface area contributed by atoms with Crippen LogP contribution in [0.25, 0.3) is 0 Å². The maximum atomic E-state index is 5.91. The Bertz CT molecular complexity index is 156. The normalized spacial score (nSPS) is 26.8. The van der Waals surface area contributed by atoms with Crippen molar-refractivity contribution >= 4 is 0 Å². The molecule has 0 saturated heterocycles. The molecule has 0 aliphatic heterocycles. The summed E-state index contributed by atoms with van der Waals surface area (Å²) in [6.07, 6.45) is 4.80. The number of nitrogens with one attached hydrogen (secondary N) is 1. The minimum Gasteiger partial charge on any atom is -0.382 e. The minimum atomic E-state index is 0.394. The maximum absolute atomic E-state index is 5.91. The van der Waals surface area contributed by atoms with Gasteiger partial charge in [-0.1, -0.05) is 6.42 Å². The highest BCUT2D eigenvalue weighted by Gasteiger charge is 2.17. The lowest BCUT2D eigenvalue weighted by Crippen LogP contribution is -2.40. The van der Waals surface area contributed by atoms with E-state index < -0.39 is 0 Å². The van der Waals surface area contributed by atoms with E-state index in [1.165, 1.54) is 19.3 Å². The number of hydrogen-bond acceptors (Lipinski definition) is 4. The first-order valence-corrected chi connectivity index (χ1v) is 5.88. The molecule has 90 valence electrons. The van der Waals surface area contributed by atoms with E-state index in [4.69, 9.17) is 15.2 Å². The van der Waals surface area contributed by atoms with Gasteiger partial charge in [-0.3, -0.25) is 0 Å². The molecule has 0 aromatic carbocycles. The first-order valence-electron chi connectivity index (χ1n) is 5.88. The average Bonchev–Trinajstić information content (AvgIpc) is 2.23.